The van der Waals surface area contributed by atoms with E-state index < -0.39 is 0 Å². The number of nitrogens with one attached hydrogen (secondary N) is 1. The summed E-state index contributed by atoms with van der Waals surface area (Å²) in [5.41, 5.74) is 0.505. The Morgan fingerprint density at radius 3 is 2.85 bits per heavy atom. The highest BCUT2D eigenvalue weighted by molar-refractivity contribution is 9.10. The number of anilines is 1. The van der Waals surface area contributed by atoms with E-state index in [0.717, 1.165) is 36.3 Å². The van der Waals surface area contributed by atoms with E-state index >= 15 is 0 Å². The Kier molecular flexibility index (Phi) is 5.55. The molecule has 1 N–H and O–H groups in total. The van der Waals surface area contributed by atoms with Gasteiger partial charge in [-0.05, 0) is 52.7 Å². The summed E-state index contributed by atoms with van der Waals surface area (Å²) in [4.78, 5) is 19.4. The summed E-state index contributed by atoms with van der Waals surface area (Å²) < 4.78 is 6.82. The van der Waals surface area contributed by atoms with Gasteiger partial charge < -0.3 is 14.6 Å². The molecule has 3 heterocycles. The molecule has 1 amide bonds. The Bertz CT molecular complexity index is 968. The number of carbonyl (C=O) groups is 1. The highest BCUT2D eigenvalue weighted by atomic mass is 79.9. The van der Waals surface area contributed by atoms with E-state index in [4.69, 9.17) is 27.6 Å². The second kappa shape index (κ2) is 7.91. The monoisotopic (exact) mass is 485 g/mol. The van der Waals surface area contributed by atoms with Crippen LogP contribution >= 0.6 is 50.9 Å². The number of aliphatic imine (C=N–C) groups is 1. The third-order valence-electron chi connectivity index (χ3n) is 4.16. The molecule has 0 bridgehead atoms. The number of furan rings is 1. The molecule has 2 saturated heterocycles. The molecule has 2 aliphatic heterocycles. The minimum absolute atomic E-state index is 0.229. The maximum atomic E-state index is 12.3. The number of rotatable bonds is 3. The van der Waals surface area contributed by atoms with Gasteiger partial charge in [-0.25, -0.2) is 4.99 Å². The Hall–Kier alpha value is -1.41. The molecule has 140 valence electrons. The van der Waals surface area contributed by atoms with Crippen molar-refractivity contribution in [3.05, 3.63) is 49.4 Å². The van der Waals surface area contributed by atoms with Crippen LogP contribution in [0.2, 0.25) is 10.0 Å². The predicted molar refractivity (Wildman–Crippen MR) is 115 cm³/mol. The lowest BCUT2D eigenvalue weighted by Gasteiger charge is -2.13. The summed E-state index contributed by atoms with van der Waals surface area (Å²) in [6, 6.07) is 7.05. The first-order chi connectivity index (χ1) is 13.0. The molecule has 0 atom stereocenters. The van der Waals surface area contributed by atoms with Gasteiger partial charge in [0.1, 0.15) is 5.76 Å². The quantitative estimate of drug-likeness (QED) is 0.553. The summed E-state index contributed by atoms with van der Waals surface area (Å²) in [5, 5.41) is 3.95. The lowest BCUT2D eigenvalue weighted by molar-refractivity contribution is -0.115. The fraction of sp³-hybridized carbons (Fsp3) is 0.222. The number of halogens is 3. The van der Waals surface area contributed by atoms with E-state index in [1.165, 1.54) is 11.8 Å². The third kappa shape index (κ3) is 4.06. The zero-order chi connectivity index (χ0) is 19.0. The molecule has 0 radical (unpaired) electrons. The van der Waals surface area contributed by atoms with Crippen molar-refractivity contribution in [3.8, 4) is 0 Å². The van der Waals surface area contributed by atoms with Gasteiger partial charge in [-0.2, -0.15) is 0 Å². The number of amidine groups is 1. The van der Waals surface area contributed by atoms with Gasteiger partial charge in [0.25, 0.3) is 5.91 Å². The number of amides is 1. The van der Waals surface area contributed by atoms with Crippen molar-refractivity contribution < 1.29 is 9.21 Å². The van der Waals surface area contributed by atoms with Crippen molar-refractivity contribution in [3.63, 3.8) is 0 Å². The smallest absolute Gasteiger partial charge is 0.264 e. The average molecular weight is 487 g/mol. The second-order valence-electron chi connectivity index (χ2n) is 6.05. The average Bonchev–Trinajstić information content (AvgIpc) is 3.34. The molecule has 1 aromatic heterocycles. The zero-order valence-electron chi connectivity index (χ0n) is 14.0. The highest BCUT2D eigenvalue weighted by Crippen LogP contribution is 2.37. The number of hydrogen-bond acceptors (Lipinski definition) is 5. The first-order valence-electron chi connectivity index (χ1n) is 8.29. The normalized spacial score (nSPS) is 20.1. The number of hydrogen-bond donors (Lipinski definition) is 1. The summed E-state index contributed by atoms with van der Waals surface area (Å²) in [7, 11) is 0. The van der Waals surface area contributed by atoms with Crippen LogP contribution in [0.25, 0.3) is 6.08 Å². The number of nitrogens with zero attached hydrogens (tertiary/aromatic N) is 2. The minimum Gasteiger partial charge on any atom is -0.440 e. The van der Waals surface area contributed by atoms with Gasteiger partial charge >= 0.3 is 0 Å². The van der Waals surface area contributed by atoms with Crippen molar-refractivity contribution in [2.45, 2.75) is 12.8 Å². The first-order valence-corrected chi connectivity index (χ1v) is 10.7. The molecule has 5 nitrogen and oxygen atoms in total. The van der Waals surface area contributed by atoms with E-state index in [-0.39, 0.29) is 5.91 Å². The van der Waals surface area contributed by atoms with Crippen LogP contribution in [-0.4, -0.2) is 24.2 Å². The van der Waals surface area contributed by atoms with Crippen LogP contribution in [0.5, 0.6) is 0 Å². The predicted octanol–water partition coefficient (Wildman–Crippen LogP) is 5.84. The van der Waals surface area contributed by atoms with Gasteiger partial charge in [-0.1, -0.05) is 29.3 Å². The summed E-state index contributed by atoms with van der Waals surface area (Å²) in [6.07, 6.45) is 4.04. The molecule has 0 saturated carbocycles. The van der Waals surface area contributed by atoms with Gasteiger partial charge in [0.15, 0.2) is 5.17 Å². The van der Waals surface area contributed by atoms with Crippen molar-refractivity contribution in [2.24, 2.45) is 4.99 Å². The molecule has 0 aliphatic carbocycles. The molecule has 0 unspecified atom stereocenters. The van der Waals surface area contributed by atoms with E-state index in [1.54, 1.807) is 24.3 Å². The lowest BCUT2D eigenvalue weighted by atomic mass is 10.3. The van der Waals surface area contributed by atoms with Crippen LogP contribution in [0.15, 0.2) is 43.1 Å². The SMILES string of the molecule is O=C1NC(=Nc2cccc(Cl)c2Cl)S/C1=C\c1cc(Br)c(N2CCCC2)o1. The molecule has 9 heteroatoms. The number of carbonyl (C=O) groups excluding carboxylic acids is 1. The molecule has 0 spiro atoms. The standard InChI is InChI=1S/C18H14BrCl2N3O2S/c19-11-8-10(26-17(11)24-6-1-2-7-24)9-14-16(25)23-18(27-14)22-13-5-3-4-12(20)15(13)21/h3-5,8-9H,1-2,6-7H2,(H,22,23,25)/b14-9-. The van der Waals surface area contributed by atoms with Gasteiger partial charge in [0, 0.05) is 25.2 Å². The summed E-state index contributed by atoms with van der Waals surface area (Å²) >= 11 is 16.9. The summed E-state index contributed by atoms with van der Waals surface area (Å²) in [5.74, 6) is 1.19. The Labute approximate surface area is 178 Å². The first kappa shape index (κ1) is 18.9. The Morgan fingerprint density at radius 2 is 2.07 bits per heavy atom. The largest absolute Gasteiger partial charge is 0.440 e. The molecular weight excluding hydrogens is 473 g/mol. The van der Waals surface area contributed by atoms with Crippen LogP contribution in [0.4, 0.5) is 11.6 Å². The maximum Gasteiger partial charge on any atom is 0.264 e. The second-order valence-corrected chi connectivity index (χ2v) is 8.72. The highest BCUT2D eigenvalue weighted by Gasteiger charge is 2.26. The zero-order valence-corrected chi connectivity index (χ0v) is 17.9. The van der Waals surface area contributed by atoms with E-state index in [1.807, 2.05) is 6.07 Å². The van der Waals surface area contributed by atoms with Crippen LogP contribution in [0.1, 0.15) is 18.6 Å². The van der Waals surface area contributed by atoms with Crippen molar-refractivity contribution in [2.75, 3.05) is 18.0 Å². The van der Waals surface area contributed by atoms with Crippen molar-refractivity contribution >= 4 is 79.6 Å². The van der Waals surface area contributed by atoms with Crippen LogP contribution in [0, 0.1) is 0 Å². The maximum absolute atomic E-state index is 12.3. The Balaban J connectivity index is 1.56. The third-order valence-corrected chi connectivity index (χ3v) is 6.45. The fourth-order valence-corrected chi connectivity index (χ4v) is 4.59. The van der Waals surface area contributed by atoms with Gasteiger partial charge in [0.2, 0.25) is 5.88 Å². The molecule has 4 rings (SSSR count). The van der Waals surface area contributed by atoms with Gasteiger partial charge in [-0.15, -0.1) is 0 Å². The molecule has 27 heavy (non-hydrogen) atoms. The minimum atomic E-state index is -0.229. The van der Waals surface area contributed by atoms with E-state index in [9.17, 15) is 4.79 Å². The van der Waals surface area contributed by atoms with Gasteiger partial charge in [-0.3, -0.25) is 4.79 Å². The number of benzene rings is 1. The molecule has 2 aromatic rings. The lowest BCUT2D eigenvalue weighted by Crippen LogP contribution is -2.19. The molecule has 2 aliphatic rings. The fourth-order valence-electron chi connectivity index (χ4n) is 2.88. The topological polar surface area (TPSA) is 57.8 Å². The molecule has 2 fully saturated rings. The van der Waals surface area contributed by atoms with E-state index in [2.05, 4.69) is 31.1 Å². The Morgan fingerprint density at radius 1 is 1.30 bits per heavy atom. The van der Waals surface area contributed by atoms with Crippen molar-refractivity contribution in [1.29, 1.82) is 0 Å². The van der Waals surface area contributed by atoms with Crippen LogP contribution < -0.4 is 10.2 Å². The van der Waals surface area contributed by atoms with Crippen molar-refractivity contribution in [1.82, 2.24) is 5.32 Å². The van der Waals surface area contributed by atoms with Crippen LogP contribution in [0.3, 0.4) is 0 Å². The number of thioether (sulfide) groups is 1. The van der Waals surface area contributed by atoms with E-state index in [0.29, 0.717) is 31.6 Å². The molecule has 1 aromatic carbocycles. The molecular formula is C18H14BrCl2N3O2S. The summed E-state index contributed by atoms with van der Waals surface area (Å²) in [6.45, 7) is 1.96. The van der Waals surface area contributed by atoms with Crippen LogP contribution in [-0.2, 0) is 4.79 Å². The van der Waals surface area contributed by atoms with Gasteiger partial charge in [0.05, 0.1) is 25.1 Å².